The lowest BCUT2D eigenvalue weighted by molar-refractivity contribution is 0.259. The van der Waals surface area contributed by atoms with E-state index >= 15 is 0 Å². The highest BCUT2D eigenvalue weighted by atomic mass is 32.2. The number of aliphatic imine (C=N–C) groups is 1. The standard InChI is InChI=1S/C23H32N4O2S/c1-24-23(26-17-21-9-6-10-22(16-21)18-30(28,29)25-2)27-13-11-20(12-14-27)15-19-7-4-3-5-8-19/h3-10,16,20,25H,11-15,17-18H2,1-2H3,(H,24,26). The average molecular weight is 429 g/mol. The quantitative estimate of drug-likeness (QED) is 0.525. The second-order valence-corrected chi connectivity index (χ2v) is 9.73. The molecule has 1 heterocycles. The van der Waals surface area contributed by atoms with Crippen LogP contribution in [-0.4, -0.2) is 46.5 Å². The van der Waals surface area contributed by atoms with E-state index in [0.717, 1.165) is 49.4 Å². The topological polar surface area (TPSA) is 73.8 Å². The summed E-state index contributed by atoms with van der Waals surface area (Å²) in [6.07, 6.45) is 3.46. The van der Waals surface area contributed by atoms with Crippen molar-refractivity contribution in [2.75, 3.05) is 27.2 Å². The van der Waals surface area contributed by atoms with Crippen molar-refractivity contribution < 1.29 is 8.42 Å². The number of likely N-dealkylation sites (tertiary alicyclic amines) is 1. The van der Waals surface area contributed by atoms with Crippen molar-refractivity contribution in [2.45, 2.75) is 31.6 Å². The molecule has 6 nitrogen and oxygen atoms in total. The highest BCUT2D eigenvalue weighted by Gasteiger charge is 2.21. The van der Waals surface area contributed by atoms with Crippen LogP contribution in [0.25, 0.3) is 0 Å². The Kier molecular flexibility index (Phi) is 7.87. The van der Waals surface area contributed by atoms with Gasteiger partial charge < -0.3 is 10.2 Å². The number of hydrogen-bond donors (Lipinski definition) is 2. The fraction of sp³-hybridized carbons (Fsp3) is 0.435. The Morgan fingerprint density at radius 2 is 1.70 bits per heavy atom. The summed E-state index contributed by atoms with van der Waals surface area (Å²) >= 11 is 0. The van der Waals surface area contributed by atoms with E-state index in [1.54, 1.807) is 0 Å². The van der Waals surface area contributed by atoms with E-state index < -0.39 is 10.0 Å². The van der Waals surface area contributed by atoms with Crippen molar-refractivity contribution >= 4 is 16.0 Å². The van der Waals surface area contributed by atoms with E-state index in [0.29, 0.717) is 12.5 Å². The molecule has 2 aromatic rings. The second-order valence-electron chi connectivity index (χ2n) is 7.80. The molecule has 30 heavy (non-hydrogen) atoms. The summed E-state index contributed by atoms with van der Waals surface area (Å²) in [5.74, 6) is 1.61. The molecule has 0 radical (unpaired) electrons. The predicted molar refractivity (Wildman–Crippen MR) is 123 cm³/mol. The van der Waals surface area contributed by atoms with Crippen LogP contribution in [0, 0.1) is 5.92 Å². The first-order valence-corrected chi connectivity index (χ1v) is 12.1. The van der Waals surface area contributed by atoms with Crippen LogP contribution in [0.2, 0.25) is 0 Å². The number of nitrogens with zero attached hydrogens (tertiary/aromatic N) is 2. The summed E-state index contributed by atoms with van der Waals surface area (Å²) in [4.78, 5) is 6.77. The molecular weight excluding hydrogens is 396 g/mol. The van der Waals surface area contributed by atoms with E-state index in [1.165, 1.54) is 12.6 Å². The Morgan fingerprint density at radius 3 is 2.37 bits per heavy atom. The maximum absolute atomic E-state index is 11.8. The molecule has 1 aliphatic rings. The third-order valence-electron chi connectivity index (χ3n) is 5.60. The molecule has 0 amide bonds. The summed E-state index contributed by atoms with van der Waals surface area (Å²) in [6.45, 7) is 2.61. The minimum absolute atomic E-state index is 0.0129. The Labute approximate surface area is 180 Å². The van der Waals surface area contributed by atoms with Crippen LogP contribution >= 0.6 is 0 Å². The van der Waals surface area contributed by atoms with Crippen LogP contribution < -0.4 is 10.0 Å². The normalized spacial score (nSPS) is 15.9. The Bertz CT molecular complexity index is 937. The summed E-state index contributed by atoms with van der Waals surface area (Å²) in [5, 5.41) is 3.43. The molecule has 0 spiro atoms. The molecule has 7 heteroatoms. The highest BCUT2D eigenvalue weighted by Crippen LogP contribution is 2.21. The maximum Gasteiger partial charge on any atom is 0.215 e. The molecule has 0 saturated carbocycles. The zero-order valence-electron chi connectivity index (χ0n) is 17.8. The van der Waals surface area contributed by atoms with Crippen molar-refractivity contribution in [1.82, 2.24) is 14.9 Å². The predicted octanol–water partition coefficient (Wildman–Crippen LogP) is 2.77. The van der Waals surface area contributed by atoms with Crippen molar-refractivity contribution in [3.8, 4) is 0 Å². The molecule has 3 rings (SSSR count). The molecule has 1 saturated heterocycles. The number of benzene rings is 2. The fourth-order valence-corrected chi connectivity index (χ4v) is 4.69. The molecule has 0 aliphatic carbocycles. The van der Waals surface area contributed by atoms with Gasteiger partial charge in [-0.3, -0.25) is 4.99 Å². The van der Waals surface area contributed by atoms with Crippen molar-refractivity contribution in [3.05, 3.63) is 71.3 Å². The van der Waals surface area contributed by atoms with Gasteiger partial charge in [0.2, 0.25) is 10.0 Å². The Hall–Kier alpha value is -2.38. The Morgan fingerprint density at radius 1 is 1.03 bits per heavy atom. The van der Waals surface area contributed by atoms with Gasteiger partial charge in [-0.15, -0.1) is 0 Å². The lowest BCUT2D eigenvalue weighted by atomic mass is 9.90. The van der Waals surface area contributed by atoms with Gasteiger partial charge in [0.1, 0.15) is 0 Å². The molecule has 0 bridgehead atoms. The number of piperidine rings is 1. The molecule has 0 aromatic heterocycles. The third-order valence-corrected chi connectivity index (χ3v) is 6.94. The first kappa shape index (κ1) is 22.3. The third kappa shape index (κ3) is 6.57. The fourth-order valence-electron chi connectivity index (χ4n) is 3.93. The molecule has 2 N–H and O–H groups in total. The number of rotatable bonds is 7. The summed E-state index contributed by atoms with van der Waals surface area (Å²) in [5.41, 5.74) is 3.23. The second kappa shape index (κ2) is 10.6. The molecule has 2 aromatic carbocycles. The lowest BCUT2D eigenvalue weighted by Gasteiger charge is -2.34. The SMILES string of the molecule is CN=C(NCc1cccc(CS(=O)(=O)NC)c1)N1CCC(Cc2ccccc2)CC1. The zero-order valence-corrected chi connectivity index (χ0v) is 18.7. The van der Waals surface area contributed by atoms with Gasteiger partial charge >= 0.3 is 0 Å². The average Bonchev–Trinajstić information content (AvgIpc) is 2.76. The van der Waals surface area contributed by atoms with Crippen LogP contribution in [0.1, 0.15) is 29.5 Å². The molecule has 0 atom stereocenters. The van der Waals surface area contributed by atoms with E-state index in [-0.39, 0.29) is 5.75 Å². The van der Waals surface area contributed by atoms with Gasteiger partial charge in [0.15, 0.2) is 5.96 Å². The lowest BCUT2D eigenvalue weighted by Crippen LogP contribution is -2.45. The van der Waals surface area contributed by atoms with E-state index in [4.69, 9.17) is 0 Å². The largest absolute Gasteiger partial charge is 0.352 e. The van der Waals surface area contributed by atoms with Crippen LogP contribution in [0.4, 0.5) is 0 Å². The van der Waals surface area contributed by atoms with E-state index in [1.807, 2.05) is 31.3 Å². The molecule has 162 valence electrons. The van der Waals surface area contributed by atoms with Gasteiger partial charge in [-0.25, -0.2) is 13.1 Å². The van der Waals surface area contributed by atoms with E-state index in [9.17, 15) is 8.42 Å². The minimum Gasteiger partial charge on any atom is -0.352 e. The van der Waals surface area contributed by atoms with Gasteiger partial charge in [-0.2, -0.15) is 0 Å². The van der Waals surface area contributed by atoms with E-state index in [2.05, 4.69) is 50.3 Å². The molecule has 1 fully saturated rings. The number of nitrogens with one attached hydrogen (secondary N) is 2. The highest BCUT2D eigenvalue weighted by molar-refractivity contribution is 7.88. The monoisotopic (exact) mass is 428 g/mol. The summed E-state index contributed by atoms with van der Waals surface area (Å²) in [6, 6.07) is 18.4. The van der Waals surface area contributed by atoms with Gasteiger partial charge in [0.25, 0.3) is 0 Å². The maximum atomic E-state index is 11.8. The van der Waals surface area contributed by atoms with Gasteiger partial charge in [0, 0.05) is 26.7 Å². The summed E-state index contributed by atoms with van der Waals surface area (Å²) in [7, 11) is -0.0207. The smallest absolute Gasteiger partial charge is 0.215 e. The van der Waals surface area contributed by atoms with Crippen molar-refractivity contribution in [2.24, 2.45) is 10.9 Å². The number of sulfonamides is 1. The summed E-state index contributed by atoms with van der Waals surface area (Å²) < 4.78 is 25.9. The minimum atomic E-state index is -3.27. The van der Waals surface area contributed by atoms with Crippen LogP contribution in [0.3, 0.4) is 0 Å². The molecule has 1 aliphatic heterocycles. The van der Waals surface area contributed by atoms with Gasteiger partial charge in [-0.1, -0.05) is 54.6 Å². The molecular formula is C23H32N4O2S. The van der Waals surface area contributed by atoms with Gasteiger partial charge in [0.05, 0.1) is 5.75 Å². The zero-order chi connectivity index (χ0) is 21.4. The first-order chi connectivity index (χ1) is 14.5. The molecule has 0 unspecified atom stereocenters. The van der Waals surface area contributed by atoms with Gasteiger partial charge in [-0.05, 0) is 48.9 Å². The first-order valence-electron chi connectivity index (χ1n) is 10.5. The van der Waals surface area contributed by atoms with Crippen molar-refractivity contribution in [3.63, 3.8) is 0 Å². The van der Waals surface area contributed by atoms with Crippen molar-refractivity contribution in [1.29, 1.82) is 0 Å². The number of hydrogen-bond acceptors (Lipinski definition) is 3. The Balaban J connectivity index is 1.51. The van der Waals surface area contributed by atoms with Crippen LogP contribution in [0.15, 0.2) is 59.6 Å². The number of guanidine groups is 1. The van der Waals surface area contributed by atoms with Crippen LogP contribution in [-0.2, 0) is 28.7 Å². The van der Waals surface area contributed by atoms with Crippen LogP contribution in [0.5, 0.6) is 0 Å².